The Labute approximate surface area is 165 Å². The third kappa shape index (κ3) is 4.66. The molecule has 144 valence electrons. The highest BCUT2D eigenvalue weighted by atomic mass is 35.5. The molecule has 1 amide bonds. The van der Waals surface area contributed by atoms with E-state index in [1.54, 1.807) is 6.07 Å². The van der Waals surface area contributed by atoms with Crippen molar-refractivity contribution in [1.82, 2.24) is 4.90 Å². The Balaban J connectivity index is 1.69. The lowest BCUT2D eigenvalue weighted by atomic mass is 10.1. The molecule has 1 aliphatic rings. The maximum Gasteiger partial charge on any atom is 0.227 e. The van der Waals surface area contributed by atoms with Gasteiger partial charge in [0.25, 0.3) is 0 Å². The summed E-state index contributed by atoms with van der Waals surface area (Å²) in [6.07, 6.45) is 0.278. The van der Waals surface area contributed by atoms with Crippen LogP contribution in [0.3, 0.4) is 0 Å². The summed E-state index contributed by atoms with van der Waals surface area (Å²) in [4.78, 5) is 16.7. The Bertz CT molecular complexity index is 806. The zero-order chi connectivity index (χ0) is 19.4. The third-order valence-electron chi connectivity index (χ3n) is 4.57. The minimum atomic E-state index is 0.0573. The van der Waals surface area contributed by atoms with E-state index in [2.05, 4.69) is 29.2 Å². The Kier molecular flexibility index (Phi) is 6.11. The van der Waals surface area contributed by atoms with Gasteiger partial charge in [-0.25, -0.2) is 0 Å². The van der Waals surface area contributed by atoms with Crippen molar-refractivity contribution in [2.45, 2.75) is 19.9 Å². The summed E-state index contributed by atoms with van der Waals surface area (Å²) in [5.41, 5.74) is 3.07. The SMILES string of the molecule is CCN(Cc1ccc(N(C)C)cc1)C(=O)Cc1cc(Cl)c2c(c1)OCCO2. The molecule has 0 bridgehead atoms. The summed E-state index contributed by atoms with van der Waals surface area (Å²) in [5.74, 6) is 1.23. The van der Waals surface area contributed by atoms with Crippen molar-refractivity contribution in [2.24, 2.45) is 0 Å². The number of benzene rings is 2. The smallest absolute Gasteiger partial charge is 0.227 e. The molecule has 0 N–H and O–H groups in total. The molecule has 2 aromatic carbocycles. The van der Waals surface area contributed by atoms with Crippen molar-refractivity contribution in [3.05, 3.63) is 52.5 Å². The van der Waals surface area contributed by atoms with Crippen LogP contribution in [-0.4, -0.2) is 44.7 Å². The number of hydrogen-bond donors (Lipinski definition) is 0. The van der Waals surface area contributed by atoms with Gasteiger partial charge in [0.2, 0.25) is 5.91 Å². The lowest BCUT2D eigenvalue weighted by Gasteiger charge is -2.23. The van der Waals surface area contributed by atoms with Crippen LogP contribution in [0.1, 0.15) is 18.1 Å². The first-order chi connectivity index (χ1) is 13.0. The summed E-state index contributed by atoms with van der Waals surface area (Å²) in [6, 6.07) is 11.9. The number of ether oxygens (including phenoxy) is 2. The Morgan fingerprint density at radius 1 is 1.07 bits per heavy atom. The van der Waals surface area contributed by atoms with E-state index < -0.39 is 0 Å². The van der Waals surface area contributed by atoms with Gasteiger partial charge >= 0.3 is 0 Å². The summed E-state index contributed by atoms with van der Waals surface area (Å²) in [6.45, 7) is 4.20. The molecule has 0 spiro atoms. The number of anilines is 1. The Morgan fingerprint density at radius 3 is 2.44 bits per heavy atom. The predicted molar refractivity (Wildman–Crippen MR) is 108 cm³/mol. The lowest BCUT2D eigenvalue weighted by Crippen LogP contribution is -2.31. The van der Waals surface area contributed by atoms with E-state index in [1.807, 2.05) is 32.0 Å². The van der Waals surface area contributed by atoms with Gasteiger partial charge in [0.15, 0.2) is 11.5 Å². The van der Waals surface area contributed by atoms with Gasteiger partial charge in [0.1, 0.15) is 13.2 Å². The van der Waals surface area contributed by atoms with Gasteiger partial charge in [0.05, 0.1) is 11.4 Å². The highest BCUT2D eigenvalue weighted by molar-refractivity contribution is 6.32. The second-order valence-electron chi connectivity index (χ2n) is 6.75. The van der Waals surface area contributed by atoms with Crippen molar-refractivity contribution in [1.29, 1.82) is 0 Å². The highest BCUT2D eigenvalue weighted by Gasteiger charge is 2.19. The fourth-order valence-electron chi connectivity index (χ4n) is 3.05. The monoisotopic (exact) mass is 388 g/mol. The number of hydrogen-bond acceptors (Lipinski definition) is 4. The lowest BCUT2D eigenvalue weighted by molar-refractivity contribution is -0.130. The minimum Gasteiger partial charge on any atom is -0.486 e. The summed E-state index contributed by atoms with van der Waals surface area (Å²) in [7, 11) is 4.02. The molecule has 1 aliphatic heterocycles. The van der Waals surface area contributed by atoms with E-state index in [-0.39, 0.29) is 12.3 Å². The van der Waals surface area contributed by atoms with Crippen LogP contribution in [0.15, 0.2) is 36.4 Å². The predicted octanol–water partition coefficient (Wildman–Crippen LogP) is 3.77. The molecule has 0 saturated carbocycles. The fourth-order valence-corrected chi connectivity index (χ4v) is 3.34. The first-order valence-corrected chi connectivity index (χ1v) is 9.47. The van der Waals surface area contributed by atoms with Gasteiger partial charge in [-0.05, 0) is 42.3 Å². The number of carbonyl (C=O) groups is 1. The number of likely N-dealkylation sites (N-methyl/N-ethyl adjacent to an activating group) is 1. The van der Waals surface area contributed by atoms with E-state index in [0.29, 0.717) is 42.8 Å². The van der Waals surface area contributed by atoms with Crippen LogP contribution in [0, 0.1) is 0 Å². The number of halogens is 1. The molecule has 0 atom stereocenters. The van der Waals surface area contributed by atoms with Crippen LogP contribution in [0.5, 0.6) is 11.5 Å². The van der Waals surface area contributed by atoms with E-state index in [4.69, 9.17) is 21.1 Å². The highest BCUT2D eigenvalue weighted by Crippen LogP contribution is 2.38. The van der Waals surface area contributed by atoms with Gasteiger partial charge in [-0.1, -0.05) is 23.7 Å². The number of nitrogens with zero attached hydrogens (tertiary/aromatic N) is 2. The largest absolute Gasteiger partial charge is 0.486 e. The van der Waals surface area contributed by atoms with Crippen molar-refractivity contribution < 1.29 is 14.3 Å². The first-order valence-electron chi connectivity index (χ1n) is 9.10. The maximum atomic E-state index is 12.8. The van der Waals surface area contributed by atoms with Crippen LogP contribution >= 0.6 is 11.6 Å². The molecule has 0 aromatic heterocycles. The number of rotatable bonds is 6. The normalized spacial score (nSPS) is 12.6. The van der Waals surface area contributed by atoms with Gasteiger partial charge in [0, 0.05) is 32.9 Å². The van der Waals surface area contributed by atoms with Crippen molar-refractivity contribution in [2.75, 3.05) is 38.8 Å². The minimum absolute atomic E-state index is 0.0573. The second kappa shape index (κ2) is 8.53. The van der Waals surface area contributed by atoms with Crippen molar-refractivity contribution in [3.63, 3.8) is 0 Å². The average molecular weight is 389 g/mol. The van der Waals surface area contributed by atoms with Crippen LogP contribution in [0.2, 0.25) is 5.02 Å². The molecule has 0 unspecified atom stereocenters. The first kappa shape index (κ1) is 19.4. The van der Waals surface area contributed by atoms with Crippen molar-refractivity contribution in [3.8, 4) is 11.5 Å². The molecule has 5 nitrogen and oxygen atoms in total. The number of amides is 1. The molecule has 6 heteroatoms. The molecule has 0 saturated heterocycles. The molecule has 0 radical (unpaired) electrons. The molecule has 2 aromatic rings. The van der Waals surface area contributed by atoms with Gasteiger partial charge < -0.3 is 19.3 Å². The summed E-state index contributed by atoms with van der Waals surface area (Å²) >= 11 is 6.28. The molecular weight excluding hydrogens is 364 g/mol. The molecule has 1 heterocycles. The Hall–Kier alpha value is -2.40. The van der Waals surface area contributed by atoms with Gasteiger partial charge in [-0.2, -0.15) is 0 Å². The van der Waals surface area contributed by atoms with E-state index in [1.165, 1.54) is 0 Å². The van der Waals surface area contributed by atoms with E-state index in [0.717, 1.165) is 16.8 Å². The molecular formula is C21H25ClN2O3. The van der Waals surface area contributed by atoms with Gasteiger partial charge in [-0.3, -0.25) is 4.79 Å². The van der Waals surface area contributed by atoms with Crippen molar-refractivity contribution >= 4 is 23.2 Å². The second-order valence-corrected chi connectivity index (χ2v) is 7.15. The Morgan fingerprint density at radius 2 is 1.78 bits per heavy atom. The van der Waals surface area contributed by atoms with Gasteiger partial charge in [-0.15, -0.1) is 0 Å². The third-order valence-corrected chi connectivity index (χ3v) is 4.85. The standard InChI is InChI=1S/C21H25ClN2O3/c1-4-24(14-15-5-7-17(8-6-15)23(2)3)20(25)13-16-11-18(22)21-19(12-16)26-9-10-27-21/h5-8,11-12H,4,9-10,13-14H2,1-3H3. The fraction of sp³-hybridized carbons (Fsp3) is 0.381. The van der Waals surface area contributed by atoms with E-state index in [9.17, 15) is 4.79 Å². The van der Waals surface area contributed by atoms with Crippen LogP contribution < -0.4 is 14.4 Å². The zero-order valence-corrected chi connectivity index (χ0v) is 16.8. The summed E-state index contributed by atoms with van der Waals surface area (Å²) in [5, 5.41) is 0.484. The molecule has 3 rings (SSSR count). The molecule has 0 fully saturated rings. The topological polar surface area (TPSA) is 42.0 Å². The summed E-state index contributed by atoms with van der Waals surface area (Å²) < 4.78 is 11.1. The number of carbonyl (C=O) groups excluding carboxylic acids is 1. The zero-order valence-electron chi connectivity index (χ0n) is 16.0. The molecule has 27 heavy (non-hydrogen) atoms. The van der Waals surface area contributed by atoms with Crippen LogP contribution in [0.4, 0.5) is 5.69 Å². The number of fused-ring (bicyclic) bond motifs is 1. The van der Waals surface area contributed by atoms with Crippen LogP contribution in [0.25, 0.3) is 0 Å². The average Bonchev–Trinajstić information content (AvgIpc) is 2.66. The van der Waals surface area contributed by atoms with Crippen LogP contribution in [-0.2, 0) is 17.8 Å². The van der Waals surface area contributed by atoms with E-state index >= 15 is 0 Å². The maximum absolute atomic E-state index is 12.8. The quantitative estimate of drug-likeness (QED) is 0.755. The molecule has 0 aliphatic carbocycles.